The minimum atomic E-state index is -3.89. The number of amides is 1. The second-order valence-corrected chi connectivity index (χ2v) is 10.0. The first-order chi connectivity index (χ1) is 16.7. The van der Waals surface area contributed by atoms with Crippen LogP contribution in [0.5, 0.6) is 0 Å². The molecule has 1 amide bonds. The smallest absolute Gasteiger partial charge is 0.268 e. The third-order valence-electron chi connectivity index (χ3n) is 5.14. The quantitative estimate of drug-likeness (QED) is 0.189. The van der Waals surface area contributed by atoms with Crippen molar-refractivity contribution in [1.82, 2.24) is 4.98 Å². The SMILES string of the molecule is CNc1nc(-c2cccc(C(=N)N)c2)c(C(=O)Nc2ccc(-c3ccccc3S(N)(=O)=O)cc2)s1. The Morgan fingerprint density at radius 3 is 2.37 bits per heavy atom. The van der Waals surface area contributed by atoms with Gasteiger partial charge in [-0.3, -0.25) is 10.2 Å². The number of anilines is 2. The van der Waals surface area contributed by atoms with Crippen LogP contribution in [0.2, 0.25) is 0 Å². The highest BCUT2D eigenvalue weighted by molar-refractivity contribution is 7.89. The Labute approximate surface area is 206 Å². The van der Waals surface area contributed by atoms with Crippen LogP contribution < -0.4 is 21.5 Å². The number of sulfonamides is 1. The lowest BCUT2D eigenvalue weighted by molar-refractivity contribution is 0.103. The Balaban J connectivity index is 1.63. The van der Waals surface area contributed by atoms with Crippen LogP contribution in [0.3, 0.4) is 0 Å². The molecule has 0 aliphatic carbocycles. The third kappa shape index (κ3) is 5.22. The van der Waals surface area contributed by atoms with Crippen molar-refractivity contribution in [1.29, 1.82) is 5.41 Å². The van der Waals surface area contributed by atoms with Gasteiger partial charge in [0.1, 0.15) is 10.7 Å². The molecule has 0 saturated heterocycles. The fourth-order valence-corrected chi connectivity index (χ4v) is 5.08. The molecule has 0 aliphatic heterocycles. The molecule has 0 atom stereocenters. The zero-order valence-electron chi connectivity index (χ0n) is 18.6. The van der Waals surface area contributed by atoms with E-state index in [0.29, 0.717) is 43.6 Å². The number of nitrogens with zero attached hydrogens (tertiary/aromatic N) is 1. The highest BCUT2D eigenvalue weighted by Gasteiger charge is 2.20. The van der Waals surface area contributed by atoms with Crippen molar-refractivity contribution in [2.75, 3.05) is 17.7 Å². The van der Waals surface area contributed by atoms with Gasteiger partial charge < -0.3 is 16.4 Å². The number of hydrogen-bond donors (Lipinski definition) is 5. The number of thiazole rings is 1. The number of nitrogens with two attached hydrogens (primary N) is 2. The topological polar surface area (TPSA) is 164 Å². The van der Waals surface area contributed by atoms with Crippen molar-refractivity contribution >= 4 is 43.9 Å². The number of nitrogen functional groups attached to an aromatic ring is 1. The molecule has 9 nitrogen and oxygen atoms in total. The van der Waals surface area contributed by atoms with Crippen molar-refractivity contribution in [2.45, 2.75) is 4.90 Å². The van der Waals surface area contributed by atoms with Crippen molar-refractivity contribution in [3.05, 3.63) is 83.2 Å². The van der Waals surface area contributed by atoms with E-state index >= 15 is 0 Å². The number of nitrogens with one attached hydrogen (secondary N) is 3. The van der Waals surface area contributed by atoms with Crippen LogP contribution >= 0.6 is 11.3 Å². The van der Waals surface area contributed by atoms with Gasteiger partial charge in [-0.25, -0.2) is 18.5 Å². The second-order valence-electron chi connectivity index (χ2n) is 7.51. The highest BCUT2D eigenvalue weighted by Crippen LogP contribution is 2.33. The lowest BCUT2D eigenvalue weighted by Crippen LogP contribution is -2.13. The summed E-state index contributed by atoms with van der Waals surface area (Å²) in [5.74, 6) is -0.434. The molecule has 0 aliphatic rings. The standard InChI is InChI=1S/C24H22N6O3S2/c1-28-24-30-20(15-5-4-6-16(13-15)22(25)26)21(34-24)23(31)29-17-11-9-14(10-12-17)18-7-2-3-8-19(18)35(27,32)33/h2-13H,1H3,(H3,25,26)(H,28,30)(H,29,31)(H2,27,32,33). The van der Waals surface area contributed by atoms with Gasteiger partial charge in [-0.1, -0.05) is 59.9 Å². The summed E-state index contributed by atoms with van der Waals surface area (Å²) in [5.41, 5.74) is 8.92. The molecule has 1 aromatic heterocycles. The first-order valence-electron chi connectivity index (χ1n) is 10.3. The number of carbonyl (C=O) groups excluding carboxylic acids is 1. The Kier molecular flexibility index (Phi) is 6.65. The number of rotatable bonds is 7. The van der Waals surface area contributed by atoms with E-state index in [0.717, 1.165) is 0 Å². The maximum atomic E-state index is 13.2. The summed E-state index contributed by atoms with van der Waals surface area (Å²) in [6.07, 6.45) is 0. The molecule has 0 bridgehead atoms. The summed E-state index contributed by atoms with van der Waals surface area (Å²) in [5, 5.41) is 19.4. The molecule has 7 N–H and O–H groups in total. The fraction of sp³-hybridized carbons (Fsp3) is 0.0417. The summed E-state index contributed by atoms with van der Waals surface area (Å²) in [6.45, 7) is 0. The summed E-state index contributed by atoms with van der Waals surface area (Å²) in [7, 11) is -2.17. The molecule has 3 aromatic carbocycles. The number of hydrogen-bond acceptors (Lipinski definition) is 7. The number of carbonyl (C=O) groups is 1. The van der Waals surface area contributed by atoms with E-state index in [1.54, 1.807) is 73.8 Å². The van der Waals surface area contributed by atoms with E-state index in [1.165, 1.54) is 17.4 Å². The van der Waals surface area contributed by atoms with Crippen molar-refractivity contribution in [3.63, 3.8) is 0 Å². The Morgan fingerprint density at radius 2 is 1.71 bits per heavy atom. The van der Waals surface area contributed by atoms with Crippen LogP contribution in [0, 0.1) is 5.41 Å². The molecule has 4 aromatic rings. The van der Waals surface area contributed by atoms with Gasteiger partial charge in [-0.2, -0.15) is 0 Å². The van der Waals surface area contributed by atoms with Gasteiger partial charge in [-0.05, 0) is 29.8 Å². The molecule has 11 heteroatoms. The Bertz CT molecular complexity index is 1530. The summed E-state index contributed by atoms with van der Waals surface area (Å²) in [4.78, 5) is 18.1. The largest absolute Gasteiger partial charge is 0.384 e. The maximum Gasteiger partial charge on any atom is 0.268 e. The monoisotopic (exact) mass is 506 g/mol. The minimum absolute atomic E-state index is 0.0264. The van der Waals surface area contributed by atoms with Crippen LogP contribution in [0.4, 0.5) is 10.8 Å². The lowest BCUT2D eigenvalue weighted by Gasteiger charge is -2.10. The lowest BCUT2D eigenvalue weighted by atomic mass is 10.1. The maximum absolute atomic E-state index is 13.2. The summed E-state index contributed by atoms with van der Waals surface area (Å²) in [6, 6.07) is 20.2. The van der Waals surface area contributed by atoms with Crippen LogP contribution in [-0.2, 0) is 10.0 Å². The van der Waals surface area contributed by atoms with Crippen molar-refractivity contribution < 1.29 is 13.2 Å². The zero-order chi connectivity index (χ0) is 25.2. The highest BCUT2D eigenvalue weighted by atomic mass is 32.2. The molecule has 0 radical (unpaired) electrons. The molecular weight excluding hydrogens is 484 g/mol. The number of amidine groups is 1. The van der Waals surface area contributed by atoms with Crippen LogP contribution in [-0.4, -0.2) is 32.2 Å². The van der Waals surface area contributed by atoms with Crippen molar-refractivity contribution in [3.8, 4) is 22.4 Å². The normalized spacial score (nSPS) is 11.1. The molecule has 178 valence electrons. The molecule has 0 unspecified atom stereocenters. The van der Waals surface area contributed by atoms with E-state index in [1.807, 2.05) is 0 Å². The molecule has 0 fully saturated rings. The Hall–Kier alpha value is -4.06. The van der Waals surface area contributed by atoms with E-state index in [4.69, 9.17) is 16.3 Å². The van der Waals surface area contributed by atoms with Gasteiger partial charge in [0.15, 0.2) is 5.13 Å². The average molecular weight is 507 g/mol. The molecular formula is C24H22N6O3S2. The van der Waals surface area contributed by atoms with Gasteiger partial charge in [0.2, 0.25) is 10.0 Å². The zero-order valence-corrected chi connectivity index (χ0v) is 20.2. The minimum Gasteiger partial charge on any atom is -0.384 e. The number of benzene rings is 3. The van der Waals surface area contributed by atoms with E-state index in [9.17, 15) is 13.2 Å². The molecule has 0 spiro atoms. The van der Waals surface area contributed by atoms with E-state index in [2.05, 4.69) is 15.6 Å². The van der Waals surface area contributed by atoms with Crippen LogP contribution in [0.25, 0.3) is 22.4 Å². The van der Waals surface area contributed by atoms with Gasteiger partial charge in [-0.15, -0.1) is 0 Å². The second kappa shape index (κ2) is 9.66. The van der Waals surface area contributed by atoms with Crippen LogP contribution in [0.15, 0.2) is 77.7 Å². The summed E-state index contributed by atoms with van der Waals surface area (Å²) < 4.78 is 23.8. The van der Waals surface area contributed by atoms with Crippen LogP contribution in [0.1, 0.15) is 15.2 Å². The molecule has 35 heavy (non-hydrogen) atoms. The van der Waals surface area contributed by atoms with Crippen molar-refractivity contribution in [2.24, 2.45) is 10.9 Å². The average Bonchev–Trinajstić information content (AvgIpc) is 3.29. The third-order valence-corrected chi connectivity index (χ3v) is 7.18. The predicted octanol–water partition coefficient (Wildman–Crippen LogP) is 3.70. The predicted molar refractivity (Wildman–Crippen MR) is 139 cm³/mol. The van der Waals surface area contributed by atoms with Gasteiger partial charge in [0, 0.05) is 29.4 Å². The van der Waals surface area contributed by atoms with Gasteiger partial charge in [0.25, 0.3) is 5.91 Å². The molecule has 0 saturated carbocycles. The fourth-order valence-electron chi connectivity index (χ4n) is 3.48. The van der Waals surface area contributed by atoms with E-state index in [-0.39, 0.29) is 16.6 Å². The number of aromatic nitrogens is 1. The first-order valence-corrected chi connectivity index (χ1v) is 12.7. The van der Waals surface area contributed by atoms with E-state index < -0.39 is 10.0 Å². The molecule has 1 heterocycles. The Morgan fingerprint density at radius 1 is 1.00 bits per heavy atom. The van der Waals surface area contributed by atoms with Gasteiger partial charge in [0.05, 0.1) is 10.6 Å². The molecule has 4 rings (SSSR count). The first kappa shape index (κ1) is 24.1. The summed E-state index contributed by atoms with van der Waals surface area (Å²) >= 11 is 1.20. The van der Waals surface area contributed by atoms with Gasteiger partial charge >= 0.3 is 0 Å². The number of primary sulfonamides is 1.